The van der Waals surface area contributed by atoms with E-state index in [2.05, 4.69) is 80.5 Å². The van der Waals surface area contributed by atoms with Crippen molar-refractivity contribution in [1.29, 1.82) is 0 Å². The fourth-order valence-electron chi connectivity index (χ4n) is 19.1. The summed E-state index contributed by atoms with van der Waals surface area (Å²) < 4.78 is 113. The number of Topliss-reactive ketones (excluding diaryl/α,β-unsaturated/α-hetero) is 1. The first-order chi connectivity index (χ1) is 62.0. The molecule has 5 fully saturated rings. The Morgan fingerprint density at radius 1 is 0.690 bits per heavy atom. The summed E-state index contributed by atoms with van der Waals surface area (Å²) in [6.45, 7) is 17.2. The number of carbonyl (C=O) groups excluding carboxylic acids is 9. The van der Waals surface area contributed by atoms with Gasteiger partial charge in [-0.3, -0.25) is 38.4 Å². The summed E-state index contributed by atoms with van der Waals surface area (Å²) in [5.74, 6) is 2.22. The van der Waals surface area contributed by atoms with Crippen molar-refractivity contribution in [2.24, 2.45) is 46.3 Å². The number of aromatic nitrogens is 3. The second kappa shape index (κ2) is 50.7. The first-order valence-corrected chi connectivity index (χ1v) is 46.6. The molecule has 1 saturated heterocycles. The number of unbranched alkanes of at least 4 members (excludes halogenated alkanes) is 1. The maximum Gasteiger partial charge on any atom is 0.407 e. The molecule has 2 heterocycles. The predicted octanol–water partition coefficient (Wildman–Crippen LogP) is 6.57. The van der Waals surface area contributed by atoms with Crippen molar-refractivity contribution >= 4 is 58.8 Å². The Hall–Kier alpha value is -8.03. The molecule has 8 N–H and O–H groups in total. The molecule has 0 bridgehead atoms. The number of rotatable bonds is 57. The molecule has 0 radical (unpaired) electrons. The minimum Gasteiger partial charge on any atom is -0.486 e. The van der Waals surface area contributed by atoms with E-state index in [-0.39, 0.29) is 94.8 Å². The van der Waals surface area contributed by atoms with E-state index in [9.17, 15) is 48.3 Å². The van der Waals surface area contributed by atoms with Crippen molar-refractivity contribution in [2.45, 2.75) is 230 Å². The lowest BCUT2D eigenvalue weighted by Gasteiger charge is -2.63. The highest BCUT2D eigenvalue weighted by molar-refractivity contribution is 6.02. The minimum absolute atomic E-state index is 0.000880. The number of carbonyl (C=O) groups is 9. The number of alkyl carbamates (subject to hydrolysis) is 1. The second-order valence-electron chi connectivity index (χ2n) is 36.7. The number of nitrogens with one attached hydrogen (secondary N) is 7. The van der Waals surface area contributed by atoms with Crippen LogP contribution < -0.4 is 42.0 Å². The average molecular weight is 1820 g/mol. The molecule has 7 amide bonds. The molecule has 1 aromatic carbocycles. The molecule has 720 valence electrons. The van der Waals surface area contributed by atoms with Crippen LogP contribution in [0.15, 0.2) is 48.1 Å². The smallest absolute Gasteiger partial charge is 0.407 e. The lowest BCUT2D eigenvalue weighted by molar-refractivity contribution is -0.869. The number of ether oxygens (including phenoxy) is 13. The minimum atomic E-state index is -2.38. The molecule has 8 aliphatic rings. The van der Waals surface area contributed by atoms with Crippen LogP contribution in [0.25, 0.3) is 0 Å². The summed E-state index contributed by atoms with van der Waals surface area (Å²) in [4.78, 5) is 121. The number of anilines is 1. The highest BCUT2D eigenvalue weighted by Gasteiger charge is 2.80. The van der Waals surface area contributed by atoms with Gasteiger partial charge in [0.25, 0.3) is 0 Å². The number of hydrogen-bond acceptors (Lipinski definition) is 25. The summed E-state index contributed by atoms with van der Waals surface area (Å²) in [5.41, 5.74) is -4.99. The molecule has 0 spiro atoms. The monoisotopic (exact) mass is 1820 g/mol. The number of allylic oxidation sites excluding steroid dienone is 4. The van der Waals surface area contributed by atoms with Crippen molar-refractivity contribution in [3.8, 4) is 17.6 Å². The van der Waals surface area contributed by atoms with Crippen LogP contribution in [0.3, 0.4) is 0 Å². The number of quaternary nitrogens is 1. The van der Waals surface area contributed by atoms with Crippen LogP contribution in [0.2, 0.25) is 0 Å². The standard InChI is InChI=1S/C93H141F2N11O23/c1-10-20-83-128-79-57-70-71-56-73(94)72-55-65(107)30-33-90(72,5)92(71,95)77(108)58-91(70,6)93(79,129-83)78(109)60-125-66-28-26-64(27-29-66)100-86(113)63(4)99-88(115)84(62(2)3)102-87(114)74(101-81(111)32-40-118-44-48-122-51-53-123-49-45-119-41-36-98-89(116)127-59-69-67-21-14-11-12-15-22-68(67)69)23-18-19-34-96-82(112)61-126-76-25-17-13-16-24-75-85(76)103-104-105(75)37-42-120-46-50-124-54-52-121-47-43-117-39-31-80(110)97-35-38-106(7,8)9/h26-30,33,55,62-63,67-71,73-74,76-77,79,83-84,108H,10,13-25,31-32,34-54,56-61H2,1-9H3,(H6-,96,97,98,99,100,101,102,110,111,112,113,114,115,116)/p+1/t63-,67-,68+,69?,70-,71-,73-,74+,76?,77-,79+,83?,84-,90-,91-,92-,93+/m0/s1. The van der Waals surface area contributed by atoms with Crippen molar-refractivity contribution in [3.63, 3.8) is 0 Å². The fraction of sp³-hybridized carbons (Fsp3) is 0.753. The Kier molecular flexibility index (Phi) is 40.5. The summed E-state index contributed by atoms with van der Waals surface area (Å²) in [6.07, 6.45) is 7.77. The summed E-state index contributed by atoms with van der Waals surface area (Å²) >= 11 is 0. The van der Waals surface area contributed by atoms with Crippen LogP contribution >= 0.6 is 0 Å². The van der Waals surface area contributed by atoms with E-state index in [1.165, 1.54) is 38.1 Å². The van der Waals surface area contributed by atoms with Crippen LogP contribution in [-0.4, -0.2) is 305 Å². The quantitative estimate of drug-likeness (QED) is 0.0197. The van der Waals surface area contributed by atoms with E-state index in [0.29, 0.717) is 173 Å². The van der Waals surface area contributed by atoms with Gasteiger partial charge in [-0.2, -0.15) is 0 Å². The number of hydrogen-bond donors (Lipinski definition) is 8. The van der Waals surface area contributed by atoms with E-state index in [0.717, 1.165) is 74.2 Å². The number of nitrogens with zero attached hydrogens (tertiary/aromatic N) is 4. The van der Waals surface area contributed by atoms with Gasteiger partial charge in [-0.25, -0.2) is 18.3 Å². The van der Waals surface area contributed by atoms with Crippen LogP contribution in [0, 0.1) is 58.2 Å². The third-order valence-corrected chi connectivity index (χ3v) is 26.2. The number of ketones is 2. The number of likely N-dealkylation sites (N-methyl/N-ethyl adjacent to an activating group) is 1. The van der Waals surface area contributed by atoms with Gasteiger partial charge >= 0.3 is 6.09 Å². The topological polar surface area (TPSA) is 409 Å². The Labute approximate surface area is 757 Å². The van der Waals surface area contributed by atoms with Crippen molar-refractivity contribution in [1.82, 2.24) is 46.9 Å². The Morgan fingerprint density at radius 2 is 1.32 bits per heavy atom. The van der Waals surface area contributed by atoms with Crippen LogP contribution in [0.1, 0.15) is 175 Å². The molecular weight excluding hydrogens is 1680 g/mol. The summed E-state index contributed by atoms with van der Waals surface area (Å²) in [6, 6.07) is 2.70. The van der Waals surface area contributed by atoms with Gasteiger partial charge in [0.1, 0.15) is 55.1 Å². The predicted molar refractivity (Wildman–Crippen MR) is 469 cm³/mol. The summed E-state index contributed by atoms with van der Waals surface area (Å²) in [5, 5.41) is 40.7. The van der Waals surface area contributed by atoms with Gasteiger partial charge in [0.2, 0.25) is 41.2 Å². The highest BCUT2D eigenvalue weighted by Crippen LogP contribution is 2.72. The Bertz CT molecular complexity index is 4090. The lowest BCUT2D eigenvalue weighted by atomic mass is 9.44. The third-order valence-electron chi connectivity index (χ3n) is 26.2. The Balaban J connectivity index is 0.646. The molecule has 10 rings (SSSR count). The van der Waals surface area contributed by atoms with E-state index < -0.39 is 137 Å². The van der Waals surface area contributed by atoms with E-state index in [1.807, 2.05) is 11.6 Å². The van der Waals surface area contributed by atoms with Crippen LogP contribution in [0.4, 0.5) is 19.3 Å². The first kappa shape index (κ1) is 103. The SMILES string of the molecule is CCCC1O[C@@H]2C[C@H]3[C@@H]4C[C@H](F)C5=CC(=O)C=C[C@]5(C)[C@@]4(F)[C@@H](O)C[C@]3(C)[C@]2(C(=O)COc2ccc(NC(=O)[C@H](C)NC(=O)[C@@H](NC(=O)[C@@H](CCCCNC(=O)COC3CCCCCc4c3nnn4CCOCCOCCOCCOCCC(=O)NCC[N+](C)(C)C)NC(=O)CCOCCOCCOCCOCCNC(=O)OCC3[C@H]4CCC#CCC[C@@H]34)C(C)C)cc2)O1. The number of halogens is 2. The normalized spacial score (nSPS) is 26.7. The first-order valence-electron chi connectivity index (χ1n) is 46.6. The molecule has 34 nitrogen and oxygen atoms in total. The number of aliphatic hydroxyl groups is 1. The largest absolute Gasteiger partial charge is 0.486 e. The molecule has 17 atom stereocenters. The van der Waals surface area contributed by atoms with Crippen molar-refractivity contribution < 1.29 is 123 Å². The average Bonchev–Trinajstić information content (AvgIpc) is 1.53. The molecule has 3 unspecified atom stereocenters. The van der Waals surface area contributed by atoms with Gasteiger partial charge in [-0.1, -0.05) is 58.2 Å². The number of benzene rings is 1. The van der Waals surface area contributed by atoms with Gasteiger partial charge in [0, 0.05) is 61.2 Å². The second-order valence-corrected chi connectivity index (χ2v) is 36.7. The highest BCUT2D eigenvalue weighted by atomic mass is 19.1. The van der Waals surface area contributed by atoms with Crippen LogP contribution in [-0.2, 0) is 108 Å². The van der Waals surface area contributed by atoms with Crippen molar-refractivity contribution in [3.05, 3.63) is 59.5 Å². The number of amides is 7. The lowest BCUT2D eigenvalue weighted by Crippen LogP contribution is -2.71. The number of fused-ring (bicyclic) bond motifs is 9. The summed E-state index contributed by atoms with van der Waals surface area (Å²) in [7, 11) is 6.22. The maximum absolute atomic E-state index is 18.1. The van der Waals surface area contributed by atoms with E-state index in [4.69, 9.17) is 61.6 Å². The molecule has 2 aromatic rings. The zero-order valence-corrected chi connectivity index (χ0v) is 77.0. The molecular formula is C93H142F2N11O23+. The molecule has 1 aromatic heterocycles. The molecule has 1 aliphatic heterocycles. The zero-order chi connectivity index (χ0) is 92.6. The van der Waals surface area contributed by atoms with Gasteiger partial charge in [-0.15, -0.1) is 16.9 Å². The molecule has 4 saturated carbocycles. The van der Waals surface area contributed by atoms with Gasteiger partial charge in [0.05, 0.1) is 171 Å². The van der Waals surface area contributed by atoms with E-state index in [1.54, 1.807) is 32.9 Å². The van der Waals surface area contributed by atoms with Crippen molar-refractivity contribution in [2.75, 3.05) is 178 Å². The Morgan fingerprint density at radius 3 is 1.96 bits per heavy atom. The number of aliphatic hydroxyl groups excluding tert-OH is 1. The van der Waals surface area contributed by atoms with Gasteiger partial charge in [0.15, 0.2) is 23.3 Å². The fourth-order valence-corrected chi connectivity index (χ4v) is 19.1. The molecule has 7 aliphatic carbocycles. The number of alkyl halides is 2. The maximum atomic E-state index is 18.1. The van der Waals surface area contributed by atoms with Gasteiger partial charge < -0.3 is 108 Å². The molecule has 129 heavy (non-hydrogen) atoms. The zero-order valence-electron chi connectivity index (χ0n) is 77.0. The molecule has 36 heteroatoms. The van der Waals surface area contributed by atoms with E-state index >= 15 is 8.78 Å². The third kappa shape index (κ3) is 29.0. The van der Waals surface area contributed by atoms with Gasteiger partial charge in [-0.05, 0) is 162 Å². The van der Waals surface area contributed by atoms with Crippen LogP contribution in [0.5, 0.6) is 5.75 Å².